The van der Waals surface area contributed by atoms with Crippen LogP contribution in [-0.4, -0.2) is 55.8 Å². The lowest BCUT2D eigenvalue weighted by molar-refractivity contribution is 0.0988. The maximum Gasteiger partial charge on any atom is 0.269 e. The first-order chi connectivity index (χ1) is 16.7. The third-order valence-corrected chi connectivity index (χ3v) is 6.29. The molecule has 4 heterocycles. The molecule has 2 unspecified atom stereocenters. The third-order valence-electron chi connectivity index (χ3n) is 6.29. The summed E-state index contributed by atoms with van der Waals surface area (Å²) in [5.74, 6) is 4.61. The number of nitrogens with zero attached hydrogens (tertiary/aromatic N) is 4. The van der Waals surface area contributed by atoms with Gasteiger partial charge in [-0.15, -0.1) is 0 Å². The number of amides is 1. The van der Waals surface area contributed by atoms with Crippen LogP contribution in [0.15, 0.2) is 24.4 Å². The molecule has 3 aromatic rings. The summed E-state index contributed by atoms with van der Waals surface area (Å²) < 4.78 is 22.4. The second-order valence-electron chi connectivity index (χ2n) is 8.78. The minimum absolute atomic E-state index is 0.00376. The van der Waals surface area contributed by atoms with Gasteiger partial charge in [0.05, 0.1) is 17.0 Å². The van der Waals surface area contributed by atoms with Crippen molar-refractivity contribution >= 4 is 5.91 Å². The van der Waals surface area contributed by atoms with Crippen LogP contribution in [0.3, 0.4) is 0 Å². The van der Waals surface area contributed by atoms with E-state index in [0.717, 1.165) is 18.4 Å². The van der Waals surface area contributed by atoms with E-state index in [4.69, 9.17) is 5.73 Å². The number of methoxy groups -OCH3 is 1. The Morgan fingerprint density at radius 3 is 2.57 bits per heavy atom. The second kappa shape index (κ2) is 9.62. The molecule has 1 amide bonds. The van der Waals surface area contributed by atoms with Crippen LogP contribution in [0.4, 0.5) is 4.39 Å². The molecule has 0 radical (unpaired) electrons. The van der Waals surface area contributed by atoms with Gasteiger partial charge >= 0.3 is 0 Å². The fourth-order valence-electron chi connectivity index (χ4n) is 4.69. The monoisotopic (exact) mass is 481 g/mol. The summed E-state index contributed by atoms with van der Waals surface area (Å²) in [4.78, 5) is 16.9. The Balaban J connectivity index is 0.000000917. The van der Waals surface area contributed by atoms with Gasteiger partial charge in [-0.3, -0.25) is 9.48 Å². The number of carbonyl (C=O) groups is 1. The maximum atomic E-state index is 14.8. The number of ether oxygens (including phenoxy) is 1. The van der Waals surface area contributed by atoms with Crippen LogP contribution in [-0.2, 0) is 11.8 Å². The fourth-order valence-corrected chi connectivity index (χ4v) is 4.69. The molecule has 6 rings (SSSR count). The van der Waals surface area contributed by atoms with E-state index >= 15 is 0 Å². The van der Waals surface area contributed by atoms with E-state index in [2.05, 4.69) is 26.7 Å². The van der Waals surface area contributed by atoms with Crippen molar-refractivity contribution in [3.05, 3.63) is 58.4 Å². The molecule has 2 aromatic heterocycles. The fraction of sp³-hybridized carbons (Fsp3) is 0.400. The maximum absolute atomic E-state index is 14.8. The van der Waals surface area contributed by atoms with Gasteiger partial charge in [0, 0.05) is 39.1 Å². The number of halogens is 1. The van der Waals surface area contributed by atoms with E-state index in [-0.39, 0.29) is 23.2 Å². The largest absolute Gasteiger partial charge is 0.388 e. The van der Waals surface area contributed by atoms with Crippen LogP contribution in [0, 0.1) is 17.7 Å². The van der Waals surface area contributed by atoms with Crippen LogP contribution < -0.4 is 5.73 Å². The topological polar surface area (TPSA) is 128 Å². The molecule has 2 atom stereocenters. The number of primary amides is 1. The average Bonchev–Trinajstić information content (AvgIpc) is 3.31. The zero-order valence-corrected chi connectivity index (χ0v) is 20.0. The van der Waals surface area contributed by atoms with Crippen LogP contribution in [0.1, 0.15) is 70.8 Å². The van der Waals surface area contributed by atoms with Crippen molar-refractivity contribution in [1.82, 2.24) is 19.3 Å². The number of hydrogen-bond acceptors (Lipinski definition) is 6. The van der Waals surface area contributed by atoms with Gasteiger partial charge in [-0.1, -0.05) is 11.8 Å². The van der Waals surface area contributed by atoms with Gasteiger partial charge in [-0.05, 0) is 49.4 Å². The minimum atomic E-state index is -1.17. The lowest BCUT2D eigenvalue weighted by atomic mass is 9.75. The molecule has 0 spiro atoms. The molecule has 3 aliphatic rings. The average molecular weight is 482 g/mol. The first kappa shape index (κ1) is 24.6. The van der Waals surface area contributed by atoms with Gasteiger partial charge in [0.25, 0.3) is 5.91 Å². The molecular weight excluding hydrogens is 453 g/mol. The molecule has 2 bridgehead atoms. The third kappa shape index (κ3) is 4.34. The Labute approximate surface area is 202 Å². The highest BCUT2D eigenvalue weighted by Crippen LogP contribution is 2.53. The molecule has 1 aromatic carbocycles. The smallest absolute Gasteiger partial charge is 0.269 e. The molecule has 2 aliphatic heterocycles. The van der Waals surface area contributed by atoms with Crippen LogP contribution in [0.2, 0.25) is 0 Å². The number of aliphatic hydroxyl groups excluding tert-OH is 2. The number of rotatable bonds is 3. The van der Waals surface area contributed by atoms with Gasteiger partial charge in [-0.25, -0.2) is 9.37 Å². The first-order valence-corrected chi connectivity index (χ1v) is 11.2. The highest BCUT2D eigenvalue weighted by Gasteiger charge is 2.43. The Morgan fingerprint density at radius 1 is 1.31 bits per heavy atom. The lowest BCUT2D eigenvalue weighted by Gasteiger charge is -2.36. The summed E-state index contributed by atoms with van der Waals surface area (Å²) >= 11 is 0. The van der Waals surface area contributed by atoms with E-state index < -0.39 is 23.9 Å². The van der Waals surface area contributed by atoms with Crippen LogP contribution >= 0.6 is 0 Å². The van der Waals surface area contributed by atoms with Crippen molar-refractivity contribution < 1.29 is 24.1 Å². The summed E-state index contributed by atoms with van der Waals surface area (Å²) in [7, 11) is 4.95. The van der Waals surface area contributed by atoms with E-state index in [0.29, 0.717) is 22.8 Å². The van der Waals surface area contributed by atoms with E-state index in [1.807, 2.05) is 4.57 Å². The molecule has 1 fully saturated rings. The van der Waals surface area contributed by atoms with Gasteiger partial charge in [0.2, 0.25) is 0 Å². The summed E-state index contributed by atoms with van der Waals surface area (Å²) in [5.41, 5.74) is 8.02. The Kier molecular flexibility index (Phi) is 6.76. The predicted octanol–water partition coefficient (Wildman–Crippen LogP) is 2.03. The minimum Gasteiger partial charge on any atom is -0.388 e. The number of aryl methyl sites for hydroxylation is 1. The summed E-state index contributed by atoms with van der Waals surface area (Å²) in [6.07, 6.45) is 0.967. The molecule has 4 N–H and O–H groups in total. The highest BCUT2D eigenvalue weighted by atomic mass is 19.1. The summed E-state index contributed by atoms with van der Waals surface area (Å²) in [6.45, 7) is 1.50. The number of aliphatic hydroxyl groups is 2. The number of nitrogens with two attached hydrogens (primary N) is 1. The SMILES string of the molecule is CC(O)C#Cc1cc2c(cc1F)C1CC(C1)n1c-2nc(C(N)=O)c1C(O)c1ccnn1C.COC. The predicted molar refractivity (Wildman–Crippen MR) is 126 cm³/mol. The molecule has 1 aliphatic carbocycles. The second-order valence-corrected chi connectivity index (χ2v) is 8.78. The molecule has 184 valence electrons. The van der Waals surface area contributed by atoms with E-state index in [1.54, 1.807) is 39.6 Å². The number of hydrogen-bond donors (Lipinski definition) is 3. The Morgan fingerprint density at radius 2 is 2.00 bits per heavy atom. The number of benzene rings is 1. The molecule has 10 heteroatoms. The van der Waals surface area contributed by atoms with Gasteiger partial charge < -0.3 is 25.3 Å². The number of carbonyl (C=O) groups excluding carboxylic acids is 1. The van der Waals surface area contributed by atoms with Crippen LogP contribution in [0.25, 0.3) is 11.4 Å². The Hall–Kier alpha value is -3.52. The van der Waals surface area contributed by atoms with Gasteiger partial charge in [-0.2, -0.15) is 5.10 Å². The van der Waals surface area contributed by atoms with Crippen molar-refractivity contribution in [2.24, 2.45) is 12.8 Å². The van der Waals surface area contributed by atoms with Crippen molar-refractivity contribution in [3.63, 3.8) is 0 Å². The molecule has 0 saturated heterocycles. The van der Waals surface area contributed by atoms with Crippen molar-refractivity contribution in [2.45, 2.75) is 43.9 Å². The van der Waals surface area contributed by atoms with Gasteiger partial charge in [0.1, 0.15) is 23.8 Å². The molecule has 9 nitrogen and oxygen atoms in total. The van der Waals surface area contributed by atoms with Crippen molar-refractivity contribution in [3.8, 4) is 23.2 Å². The first-order valence-electron chi connectivity index (χ1n) is 11.2. The summed E-state index contributed by atoms with van der Waals surface area (Å²) in [5, 5.41) is 24.8. The summed E-state index contributed by atoms with van der Waals surface area (Å²) in [6, 6.07) is 4.73. The van der Waals surface area contributed by atoms with E-state index in [1.165, 1.54) is 17.7 Å². The standard InChI is InChI=1S/C23H22FN5O3.C2H6O/c1-11(30)3-4-12-9-16-15(10-17(12)24)13-7-14(8-13)29-20(19(22(25)32)27-23(16)29)21(31)18-5-6-26-28(18)2;1-3-2/h5-6,9-11,13-14,21,30-31H,7-8H2,1-2H3,(H2,25,32);1-2H3. The highest BCUT2D eigenvalue weighted by molar-refractivity contribution is 5.93. The van der Waals surface area contributed by atoms with Crippen molar-refractivity contribution in [1.29, 1.82) is 0 Å². The quantitative estimate of drug-likeness (QED) is 0.491. The lowest BCUT2D eigenvalue weighted by Crippen LogP contribution is -2.27. The molecular formula is C25H28FN5O4. The normalized spacial score (nSPS) is 18.9. The van der Waals surface area contributed by atoms with Crippen molar-refractivity contribution in [2.75, 3.05) is 14.2 Å². The van der Waals surface area contributed by atoms with E-state index in [9.17, 15) is 19.4 Å². The zero-order chi connectivity index (χ0) is 25.4. The van der Waals surface area contributed by atoms with Gasteiger partial charge in [0.15, 0.2) is 5.69 Å². The van der Waals surface area contributed by atoms with Crippen LogP contribution in [0.5, 0.6) is 0 Å². The molecule has 1 saturated carbocycles. The number of imidazole rings is 1. The molecule has 35 heavy (non-hydrogen) atoms. The zero-order valence-electron chi connectivity index (χ0n) is 20.0. The number of aromatic nitrogens is 4. The Bertz CT molecular complexity index is 1330.